The molecule has 0 unspecified atom stereocenters. The number of benzene rings is 1. The van der Waals surface area contributed by atoms with Crippen LogP contribution in [0.4, 0.5) is 15.3 Å². The minimum atomic E-state index is -0.845. The molecule has 0 spiro atoms. The standard InChI is InChI=1S/C20H26N4O4/c1-19(2,3)27-17(25)22-16(23-14-10-13-21-23)24(15-11-8-7-9-12-15)18(26)28-20(4,5)6/h7-14H,1-6H3/b22-16+. The highest BCUT2D eigenvalue weighted by atomic mass is 16.6. The number of anilines is 1. The molecule has 1 heterocycles. The fourth-order valence-corrected chi connectivity index (χ4v) is 2.14. The summed E-state index contributed by atoms with van der Waals surface area (Å²) >= 11 is 0. The van der Waals surface area contributed by atoms with Gasteiger partial charge in [-0.15, -0.1) is 4.99 Å². The van der Waals surface area contributed by atoms with Crippen LogP contribution in [-0.2, 0) is 9.47 Å². The number of nitrogens with zero attached hydrogens (tertiary/aromatic N) is 4. The first-order valence-electron chi connectivity index (χ1n) is 8.86. The third kappa shape index (κ3) is 6.22. The summed E-state index contributed by atoms with van der Waals surface area (Å²) < 4.78 is 12.1. The van der Waals surface area contributed by atoms with E-state index in [4.69, 9.17) is 9.47 Å². The van der Waals surface area contributed by atoms with Gasteiger partial charge in [-0.1, -0.05) is 18.2 Å². The normalized spacial score (nSPS) is 12.4. The second-order valence-electron chi connectivity index (χ2n) is 7.99. The summed E-state index contributed by atoms with van der Waals surface area (Å²) in [5.74, 6) is -0.0558. The zero-order valence-corrected chi connectivity index (χ0v) is 17.0. The van der Waals surface area contributed by atoms with Crippen molar-refractivity contribution < 1.29 is 19.1 Å². The van der Waals surface area contributed by atoms with Gasteiger partial charge >= 0.3 is 12.2 Å². The summed E-state index contributed by atoms with van der Waals surface area (Å²) in [7, 11) is 0. The molecule has 0 saturated heterocycles. The molecule has 0 radical (unpaired) electrons. The van der Waals surface area contributed by atoms with E-state index < -0.39 is 23.4 Å². The minimum absolute atomic E-state index is 0.0558. The van der Waals surface area contributed by atoms with Gasteiger partial charge in [0.25, 0.3) is 0 Å². The fourth-order valence-electron chi connectivity index (χ4n) is 2.14. The lowest BCUT2D eigenvalue weighted by atomic mass is 10.2. The molecule has 0 N–H and O–H groups in total. The first kappa shape index (κ1) is 21.1. The van der Waals surface area contributed by atoms with Crippen molar-refractivity contribution in [3.63, 3.8) is 0 Å². The SMILES string of the molecule is CC(C)(C)OC(=O)/N=C(/N(C(=O)OC(C)(C)C)c1ccccc1)n1cccn1. The van der Waals surface area contributed by atoms with Crippen molar-refractivity contribution >= 4 is 23.8 Å². The number of para-hydroxylation sites is 1. The van der Waals surface area contributed by atoms with Crippen molar-refractivity contribution in [3.8, 4) is 0 Å². The van der Waals surface area contributed by atoms with Gasteiger partial charge in [0.1, 0.15) is 11.2 Å². The fraction of sp³-hybridized carbons (Fsp3) is 0.400. The van der Waals surface area contributed by atoms with Gasteiger partial charge in [-0.3, -0.25) is 0 Å². The molecule has 8 nitrogen and oxygen atoms in total. The van der Waals surface area contributed by atoms with Crippen LogP contribution in [0.5, 0.6) is 0 Å². The van der Waals surface area contributed by atoms with E-state index in [0.717, 1.165) is 0 Å². The Morgan fingerprint density at radius 3 is 2.07 bits per heavy atom. The Kier molecular flexibility index (Phi) is 6.23. The largest absolute Gasteiger partial charge is 0.443 e. The van der Waals surface area contributed by atoms with E-state index in [-0.39, 0.29) is 5.96 Å². The van der Waals surface area contributed by atoms with Gasteiger partial charge in [0.05, 0.1) is 5.69 Å². The van der Waals surface area contributed by atoms with Gasteiger partial charge in [-0.05, 0) is 59.7 Å². The van der Waals surface area contributed by atoms with Crippen molar-refractivity contribution in [2.24, 2.45) is 4.99 Å². The van der Waals surface area contributed by atoms with Crippen molar-refractivity contribution in [1.29, 1.82) is 0 Å². The number of hydrogen-bond donors (Lipinski definition) is 0. The number of aliphatic imine (C=N–C) groups is 1. The van der Waals surface area contributed by atoms with Crippen LogP contribution in [0, 0.1) is 0 Å². The van der Waals surface area contributed by atoms with E-state index >= 15 is 0 Å². The van der Waals surface area contributed by atoms with Gasteiger partial charge in [-0.25, -0.2) is 19.2 Å². The first-order chi connectivity index (χ1) is 13.0. The molecule has 2 rings (SSSR count). The number of carbonyl (C=O) groups excluding carboxylic acids is 2. The van der Waals surface area contributed by atoms with Gasteiger partial charge in [0.15, 0.2) is 0 Å². The molecule has 28 heavy (non-hydrogen) atoms. The Morgan fingerprint density at radius 2 is 1.57 bits per heavy atom. The van der Waals surface area contributed by atoms with E-state index in [1.54, 1.807) is 78.1 Å². The molecule has 1 aromatic carbocycles. The second kappa shape index (κ2) is 8.24. The molecule has 0 aliphatic rings. The monoisotopic (exact) mass is 386 g/mol. The summed E-state index contributed by atoms with van der Waals surface area (Å²) in [6.07, 6.45) is 1.55. The number of rotatable bonds is 1. The number of aromatic nitrogens is 2. The van der Waals surface area contributed by atoms with Crippen molar-refractivity contribution in [2.75, 3.05) is 4.90 Å². The molecule has 8 heteroatoms. The smallest absolute Gasteiger partial charge is 0.437 e. The van der Waals surface area contributed by atoms with Crippen molar-refractivity contribution in [1.82, 2.24) is 9.78 Å². The van der Waals surface area contributed by atoms with Gasteiger partial charge in [0, 0.05) is 12.4 Å². The predicted molar refractivity (Wildman–Crippen MR) is 106 cm³/mol. The molecule has 2 amide bonds. The van der Waals surface area contributed by atoms with Crippen LogP contribution >= 0.6 is 0 Å². The van der Waals surface area contributed by atoms with Crippen molar-refractivity contribution in [2.45, 2.75) is 52.7 Å². The lowest BCUT2D eigenvalue weighted by Crippen LogP contribution is -2.45. The Bertz CT molecular complexity index is 831. The van der Waals surface area contributed by atoms with Crippen LogP contribution in [0.2, 0.25) is 0 Å². The first-order valence-corrected chi connectivity index (χ1v) is 8.86. The molecule has 0 fully saturated rings. The van der Waals surface area contributed by atoms with E-state index in [1.807, 2.05) is 6.07 Å². The average Bonchev–Trinajstić information content (AvgIpc) is 3.06. The van der Waals surface area contributed by atoms with E-state index in [9.17, 15) is 9.59 Å². The molecular formula is C20H26N4O4. The zero-order valence-electron chi connectivity index (χ0n) is 17.0. The number of carbonyl (C=O) groups is 2. The Morgan fingerprint density at radius 1 is 0.964 bits per heavy atom. The Balaban J connectivity index is 2.56. The molecule has 150 valence electrons. The summed E-state index contributed by atoms with van der Waals surface area (Å²) in [6.45, 7) is 10.5. The lowest BCUT2D eigenvalue weighted by molar-refractivity contribution is 0.0599. The topological polar surface area (TPSA) is 86.0 Å². The molecule has 0 bridgehead atoms. The highest BCUT2D eigenvalue weighted by Crippen LogP contribution is 2.20. The molecule has 0 aliphatic heterocycles. The number of amides is 2. The van der Waals surface area contributed by atoms with Gasteiger partial charge < -0.3 is 9.47 Å². The highest BCUT2D eigenvalue weighted by Gasteiger charge is 2.30. The molecule has 2 aromatic rings. The van der Waals surface area contributed by atoms with Crippen LogP contribution < -0.4 is 4.90 Å². The van der Waals surface area contributed by atoms with Crippen LogP contribution in [0.25, 0.3) is 0 Å². The summed E-state index contributed by atoms with van der Waals surface area (Å²) in [4.78, 5) is 30.6. The summed E-state index contributed by atoms with van der Waals surface area (Å²) in [5, 5.41) is 4.12. The zero-order chi connectivity index (χ0) is 20.9. The van der Waals surface area contributed by atoms with E-state index in [0.29, 0.717) is 5.69 Å². The lowest BCUT2D eigenvalue weighted by Gasteiger charge is -2.28. The van der Waals surface area contributed by atoms with Crippen LogP contribution in [-0.4, -0.2) is 39.1 Å². The maximum absolute atomic E-state index is 13.0. The van der Waals surface area contributed by atoms with Crippen LogP contribution in [0.3, 0.4) is 0 Å². The third-order valence-corrected chi connectivity index (χ3v) is 3.08. The predicted octanol–water partition coefficient (Wildman–Crippen LogP) is 4.46. The number of hydrogen-bond acceptors (Lipinski definition) is 5. The van der Waals surface area contributed by atoms with Gasteiger partial charge in [-0.2, -0.15) is 5.10 Å². The summed E-state index contributed by atoms with van der Waals surface area (Å²) in [5.41, 5.74) is -1.01. The van der Waals surface area contributed by atoms with Crippen LogP contribution in [0.1, 0.15) is 41.5 Å². The Labute approximate surface area is 164 Å². The van der Waals surface area contributed by atoms with Crippen LogP contribution in [0.15, 0.2) is 53.8 Å². The van der Waals surface area contributed by atoms with E-state index in [2.05, 4.69) is 10.1 Å². The molecule has 1 aromatic heterocycles. The highest BCUT2D eigenvalue weighted by molar-refractivity contribution is 6.16. The molecule has 0 saturated carbocycles. The second-order valence-corrected chi connectivity index (χ2v) is 7.99. The van der Waals surface area contributed by atoms with Crippen molar-refractivity contribution in [3.05, 3.63) is 48.8 Å². The average molecular weight is 386 g/mol. The van der Waals surface area contributed by atoms with Gasteiger partial charge in [0.2, 0.25) is 5.96 Å². The third-order valence-electron chi connectivity index (χ3n) is 3.08. The maximum Gasteiger partial charge on any atom is 0.437 e. The number of ether oxygens (including phenoxy) is 2. The molecule has 0 aliphatic carbocycles. The Hall–Kier alpha value is -3.16. The summed E-state index contributed by atoms with van der Waals surface area (Å²) in [6, 6.07) is 10.4. The maximum atomic E-state index is 13.0. The molecular weight excluding hydrogens is 360 g/mol. The minimum Gasteiger partial charge on any atom is -0.443 e. The molecule has 0 atom stereocenters. The quantitative estimate of drug-likeness (QED) is 0.533. The van der Waals surface area contributed by atoms with E-state index in [1.165, 1.54) is 15.8 Å².